The topological polar surface area (TPSA) is 18.5 Å². The van der Waals surface area contributed by atoms with Gasteiger partial charge in [0, 0.05) is 22.6 Å². The molecule has 0 saturated carbocycles. The predicted molar refractivity (Wildman–Crippen MR) is 158 cm³/mol. The van der Waals surface area contributed by atoms with Crippen molar-refractivity contribution in [3.05, 3.63) is 144 Å². The van der Waals surface area contributed by atoms with Crippen LogP contribution in [0.1, 0.15) is 42.4 Å². The number of methoxy groups -OCH3 is 1. The van der Waals surface area contributed by atoms with E-state index in [0.29, 0.717) is 6.61 Å². The number of benzene rings is 5. The van der Waals surface area contributed by atoms with E-state index in [1.807, 2.05) is 12.1 Å². The zero-order chi connectivity index (χ0) is 26.2. The molecule has 0 N–H and O–H groups in total. The van der Waals surface area contributed by atoms with Crippen LogP contribution in [-0.2, 0) is 0 Å². The lowest BCUT2D eigenvalue weighted by molar-refractivity contribution is 0.307. The standard InChI is InChI=1S/C36H34O2/c1-3-4-25-38-36-32(27-15-7-5-8-16-27)22-14-23-33(36)35(28-17-9-6-10-18-28)30-20-13-19-29(26-30)31-21-11-12-24-34(31)37-2/h5-24,26,35H,3-4,25H2,1-2H3. The molecule has 0 aromatic heterocycles. The fourth-order valence-corrected chi connectivity index (χ4v) is 5.07. The van der Waals surface area contributed by atoms with E-state index in [1.165, 1.54) is 16.7 Å². The second-order valence-electron chi connectivity index (χ2n) is 9.46. The molecule has 1 atom stereocenters. The van der Waals surface area contributed by atoms with E-state index in [4.69, 9.17) is 9.47 Å². The molecule has 5 aromatic rings. The smallest absolute Gasteiger partial charge is 0.131 e. The second-order valence-corrected chi connectivity index (χ2v) is 9.46. The molecule has 0 aliphatic carbocycles. The Balaban J connectivity index is 1.70. The van der Waals surface area contributed by atoms with Gasteiger partial charge in [0.2, 0.25) is 0 Å². The molecular weight excluding hydrogens is 464 g/mol. The lowest BCUT2D eigenvalue weighted by Crippen LogP contribution is -2.09. The Kier molecular flexibility index (Phi) is 8.20. The van der Waals surface area contributed by atoms with Gasteiger partial charge in [-0.3, -0.25) is 0 Å². The Bertz CT molecular complexity index is 1460. The summed E-state index contributed by atoms with van der Waals surface area (Å²) in [6.45, 7) is 2.89. The van der Waals surface area contributed by atoms with Crippen LogP contribution < -0.4 is 9.47 Å². The number of hydrogen-bond acceptors (Lipinski definition) is 2. The first-order chi connectivity index (χ1) is 18.8. The average molecular weight is 499 g/mol. The Morgan fingerprint density at radius 2 is 1.24 bits per heavy atom. The van der Waals surface area contributed by atoms with Crippen LogP contribution in [0, 0.1) is 0 Å². The Labute approximate surface area is 226 Å². The Morgan fingerprint density at radius 1 is 0.605 bits per heavy atom. The van der Waals surface area contributed by atoms with Crippen LogP contribution in [0.25, 0.3) is 22.3 Å². The van der Waals surface area contributed by atoms with Crippen LogP contribution in [0.5, 0.6) is 11.5 Å². The first-order valence-electron chi connectivity index (χ1n) is 13.4. The normalized spacial score (nSPS) is 11.6. The third-order valence-corrected chi connectivity index (χ3v) is 6.96. The number of rotatable bonds is 10. The summed E-state index contributed by atoms with van der Waals surface area (Å²) in [6, 6.07) is 44.8. The largest absolute Gasteiger partial charge is 0.496 e. The number of ether oxygens (including phenoxy) is 2. The molecule has 5 rings (SSSR count). The van der Waals surface area contributed by atoms with Crippen LogP contribution in [0.3, 0.4) is 0 Å². The minimum absolute atomic E-state index is 0.00569. The molecule has 0 spiro atoms. The van der Waals surface area contributed by atoms with Gasteiger partial charge in [-0.2, -0.15) is 0 Å². The first-order valence-corrected chi connectivity index (χ1v) is 13.4. The molecule has 0 heterocycles. The molecule has 0 radical (unpaired) electrons. The van der Waals surface area contributed by atoms with Crippen molar-refractivity contribution in [2.75, 3.05) is 13.7 Å². The summed E-state index contributed by atoms with van der Waals surface area (Å²) in [5.74, 6) is 1.84. The zero-order valence-electron chi connectivity index (χ0n) is 22.1. The number of para-hydroxylation sites is 2. The minimum Gasteiger partial charge on any atom is -0.496 e. The number of unbranched alkanes of at least 4 members (excludes halogenated alkanes) is 1. The highest BCUT2D eigenvalue weighted by atomic mass is 16.5. The summed E-state index contributed by atoms with van der Waals surface area (Å²) < 4.78 is 12.3. The van der Waals surface area contributed by atoms with E-state index >= 15 is 0 Å². The summed E-state index contributed by atoms with van der Waals surface area (Å²) >= 11 is 0. The molecule has 2 heteroatoms. The van der Waals surface area contributed by atoms with Gasteiger partial charge in [-0.05, 0) is 34.7 Å². The highest BCUT2D eigenvalue weighted by Crippen LogP contribution is 2.43. The SMILES string of the molecule is CCCCOc1c(-c2ccccc2)cccc1C(c1ccccc1)c1cccc(-c2ccccc2OC)c1. The lowest BCUT2D eigenvalue weighted by Gasteiger charge is -2.24. The van der Waals surface area contributed by atoms with E-state index in [0.717, 1.165) is 46.6 Å². The maximum absolute atomic E-state index is 6.62. The summed E-state index contributed by atoms with van der Waals surface area (Å²) in [5.41, 5.74) is 8.12. The molecule has 1 unspecified atom stereocenters. The van der Waals surface area contributed by atoms with Crippen molar-refractivity contribution in [1.29, 1.82) is 0 Å². The molecule has 2 nitrogen and oxygen atoms in total. The van der Waals surface area contributed by atoms with Crippen LogP contribution in [0.15, 0.2) is 127 Å². The van der Waals surface area contributed by atoms with Crippen LogP contribution in [0.2, 0.25) is 0 Å². The third-order valence-electron chi connectivity index (χ3n) is 6.96. The van der Waals surface area contributed by atoms with Crippen LogP contribution >= 0.6 is 0 Å². The van der Waals surface area contributed by atoms with Crippen LogP contribution in [-0.4, -0.2) is 13.7 Å². The van der Waals surface area contributed by atoms with E-state index in [1.54, 1.807) is 7.11 Å². The van der Waals surface area contributed by atoms with Crippen molar-refractivity contribution in [3.8, 4) is 33.8 Å². The van der Waals surface area contributed by atoms with Crippen LogP contribution in [0.4, 0.5) is 0 Å². The Hall–Kier alpha value is -4.30. The van der Waals surface area contributed by atoms with Gasteiger partial charge in [-0.15, -0.1) is 0 Å². The van der Waals surface area contributed by atoms with Crippen molar-refractivity contribution in [3.63, 3.8) is 0 Å². The summed E-state index contributed by atoms with van der Waals surface area (Å²) in [5, 5.41) is 0. The van der Waals surface area contributed by atoms with Gasteiger partial charge in [0.05, 0.1) is 13.7 Å². The van der Waals surface area contributed by atoms with E-state index < -0.39 is 0 Å². The highest BCUT2D eigenvalue weighted by molar-refractivity contribution is 5.75. The van der Waals surface area contributed by atoms with Crippen molar-refractivity contribution in [2.24, 2.45) is 0 Å². The fourth-order valence-electron chi connectivity index (χ4n) is 5.07. The van der Waals surface area contributed by atoms with Gasteiger partial charge in [-0.1, -0.05) is 135 Å². The summed E-state index contributed by atoms with van der Waals surface area (Å²) in [4.78, 5) is 0. The third kappa shape index (κ3) is 5.50. The first kappa shape index (κ1) is 25.4. The van der Waals surface area contributed by atoms with Gasteiger partial charge in [0.1, 0.15) is 11.5 Å². The van der Waals surface area contributed by atoms with Gasteiger partial charge in [0.15, 0.2) is 0 Å². The molecule has 190 valence electrons. The van der Waals surface area contributed by atoms with Crippen molar-refractivity contribution >= 4 is 0 Å². The second kappa shape index (κ2) is 12.3. The maximum atomic E-state index is 6.62. The maximum Gasteiger partial charge on any atom is 0.131 e. The molecule has 38 heavy (non-hydrogen) atoms. The molecule has 0 saturated heterocycles. The Morgan fingerprint density at radius 3 is 2.00 bits per heavy atom. The molecule has 0 bridgehead atoms. The fraction of sp³-hybridized carbons (Fsp3) is 0.167. The van der Waals surface area contributed by atoms with Crippen molar-refractivity contribution in [1.82, 2.24) is 0 Å². The quantitative estimate of drug-likeness (QED) is 0.141. The van der Waals surface area contributed by atoms with E-state index in [-0.39, 0.29) is 5.92 Å². The minimum atomic E-state index is 0.00569. The molecule has 0 aliphatic rings. The molecule has 0 aliphatic heterocycles. The highest BCUT2D eigenvalue weighted by Gasteiger charge is 2.24. The molecule has 0 fully saturated rings. The van der Waals surface area contributed by atoms with Crippen molar-refractivity contribution in [2.45, 2.75) is 25.7 Å². The van der Waals surface area contributed by atoms with Gasteiger partial charge in [-0.25, -0.2) is 0 Å². The lowest BCUT2D eigenvalue weighted by atomic mass is 9.82. The van der Waals surface area contributed by atoms with Gasteiger partial charge >= 0.3 is 0 Å². The molecule has 0 amide bonds. The molecular formula is C36H34O2. The summed E-state index contributed by atoms with van der Waals surface area (Å²) in [6.07, 6.45) is 2.10. The monoisotopic (exact) mass is 498 g/mol. The van der Waals surface area contributed by atoms with Crippen molar-refractivity contribution < 1.29 is 9.47 Å². The predicted octanol–water partition coefficient (Wildman–Crippen LogP) is 9.39. The average Bonchev–Trinajstić information content (AvgIpc) is 2.99. The number of hydrogen-bond donors (Lipinski definition) is 0. The van der Waals surface area contributed by atoms with Gasteiger partial charge in [0.25, 0.3) is 0 Å². The molecule has 5 aromatic carbocycles. The van der Waals surface area contributed by atoms with E-state index in [9.17, 15) is 0 Å². The summed E-state index contributed by atoms with van der Waals surface area (Å²) in [7, 11) is 1.73. The van der Waals surface area contributed by atoms with E-state index in [2.05, 4.69) is 122 Å². The van der Waals surface area contributed by atoms with Gasteiger partial charge < -0.3 is 9.47 Å². The zero-order valence-corrected chi connectivity index (χ0v) is 22.1.